The van der Waals surface area contributed by atoms with E-state index in [1.807, 2.05) is 13.1 Å². The summed E-state index contributed by atoms with van der Waals surface area (Å²) >= 11 is 3.26. The predicted molar refractivity (Wildman–Crippen MR) is 157 cm³/mol. The number of rotatable bonds is 8. The van der Waals surface area contributed by atoms with E-state index in [4.69, 9.17) is 0 Å². The minimum absolute atomic E-state index is 0. The van der Waals surface area contributed by atoms with Crippen LogP contribution >= 0.6 is 23.1 Å². The molecule has 9 nitrogen and oxygen atoms in total. The van der Waals surface area contributed by atoms with Crippen molar-refractivity contribution >= 4 is 45.4 Å². The maximum atomic E-state index is 12.8. The number of aliphatic hydroxyl groups excluding tert-OH is 1. The molecule has 0 saturated carbocycles. The molecule has 0 spiro atoms. The van der Waals surface area contributed by atoms with Gasteiger partial charge in [0.15, 0.2) is 0 Å². The number of amides is 1. The van der Waals surface area contributed by atoms with Crippen LogP contribution in [0.2, 0.25) is 0 Å². The third-order valence-corrected chi connectivity index (χ3v) is 11.9. The number of aliphatic carboxylic acids is 1. The fraction of sp³-hybridized carbons (Fsp3) is 0.500. The number of piperazine rings is 3. The number of hydrogen-bond donors (Lipinski definition) is 2. The molecule has 43 heavy (non-hydrogen) atoms. The first kappa shape index (κ1) is 32.6. The highest BCUT2D eigenvalue weighted by atomic mass is 79.9. The first-order chi connectivity index (χ1) is 19.7. The zero-order valence-electron chi connectivity index (χ0n) is 24.4. The quantitative estimate of drug-likeness (QED) is 0.107. The maximum absolute atomic E-state index is 12.8. The summed E-state index contributed by atoms with van der Waals surface area (Å²) in [6, 6.07) is 8.71. The lowest BCUT2D eigenvalue weighted by Gasteiger charge is -2.50. The lowest BCUT2D eigenvalue weighted by Crippen LogP contribution is -3.00. The van der Waals surface area contributed by atoms with Gasteiger partial charge in [-0.05, 0) is 24.8 Å². The maximum Gasteiger partial charge on any atom is 0.352 e. The molecule has 5 aliphatic rings. The molecule has 4 atom stereocenters. The van der Waals surface area contributed by atoms with Gasteiger partial charge in [0.2, 0.25) is 15.8 Å². The molecule has 1 amide bonds. The smallest absolute Gasteiger partial charge is 0.352 e. The molecule has 13 heteroatoms. The van der Waals surface area contributed by atoms with Crippen LogP contribution < -0.4 is 38.5 Å². The molecule has 4 fully saturated rings. The summed E-state index contributed by atoms with van der Waals surface area (Å²) in [4.78, 5) is 31.0. The SMILES string of the molecule is CSc1c2sc(C3=C(C(=O)O)N4C(=O)[C@H]([C@@H](C)O)[C@H]4[C@H]3C)cn2c[n+]1Cc1cccc(C[N+]23CCN(CC2)CC3)c1.[Br-].[Br-]. The van der Waals surface area contributed by atoms with Gasteiger partial charge in [0.05, 0.1) is 42.6 Å². The van der Waals surface area contributed by atoms with Gasteiger partial charge >= 0.3 is 5.97 Å². The topological polar surface area (TPSA) is 89.4 Å². The summed E-state index contributed by atoms with van der Waals surface area (Å²) < 4.78 is 5.57. The number of fused-ring (bicyclic) bond motifs is 5. The molecule has 0 radical (unpaired) electrons. The van der Waals surface area contributed by atoms with Gasteiger partial charge in [-0.15, -0.1) is 0 Å². The monoisotopic (exact) mass is 753 g/mol. The number of carboxylic acid groups (broad SMARTS) is 1. The highest BCUT2D eigenvalue weighted by Crippen LogP contribution is 2.51. The van der Waals surface area contributed by atoms with E-state index in [0.717, 1.165) is 27.8 Å². The molecule has 2 aromatic heterocycles. The molecule has 1 aromatic carbocycles. The Kier molecular flexibility index (Phi) is 9.28. The molecule has 3 aromatic rings. The van der Waals surface area contributed by atoms with Crippen LogP contribution in [0.1, 0.15) is 29.9 Å². The van der Waals surface area contributed by atoms with Crippen molar-refractivity contribution in [3.8, 4) is 0 Å². The van der Waals surface area contributed by atoms with Gasteiger partial charge < -0.3 is 53.6 Å². The van der Waals surface area contributed by atoms with E-state index in [2.05, 4.69) is 50.7 Å². The van der Waals surface area contributed by atoms with Crippen LogP contribution in [0.5, 0.6) is 0 Å². The van der Waals surface area contributed by atoms with Crippen molar-refractivity contribution in [2.24, 2.45) is 11.8 Å². The average Bonchev–Trinajstić information content (AvgIpc) is 3.56. The van der Waals surface area contributed by atoms with Crippen molar-refractivity contribution in [2.75, 3.05) is 45.5 Å². The lowest BCUT2D eigenvalue weighted by molar-refractivity contribution is -0.953. The Hall–Kier alpha value is -1.74. The van der Waals surface area contributed by atoms with E-state index in [-0.39, 0.29) is 57.5 Å². The molecule has 2 bridgehead atoms. The molecule has 232 valence electrons. The zero-order chi connectivity index (χ0) is 28.6. The van der Waals surface area contributed by atoms with Gasteiger partial charge in [0.25, 0.3) is 6.33 Å². The standard InChI is InChI=1S/C30H36N5O4S2.2BrH/c1-18-23(26(30(38)39)34-25(18)24(19(2)36)27(34)37)22-15-33-17-32(28(40-3)29(33)41-22)14-20-5-4-6-21(13-20)16-35-10-7-31(8-11-35)9-12-35;;/h4-6,13,15,17-19,24-25,36H,7-12,14,16H2,1-3H3;2*1H/q+1;;/p-1/t18-,19+,24+,25+;;/m0../s1. The third kappa shape index (κ3) is 5.32. The minimum atomic E-state index is -1.10. The first-order valence-electron chi connectivity index (χ1n) is 14.4. The second-order valence-corrected chi connectivity index (χ2v) is 14.0. The summed E-state index contributed by atoms with van der Waals surface area (Å²) in [5, 5.41) is 21.4. The van der Waals surface area contributed by atoms with Gasteiger partial charge in [-0.2, -0.15) is 4.40 Å². The number of thiazole rings is 1. The summed E-state index contributed by atoms with van der Waals surface area (Å²) in [7, 11) is 0. The normalized spacial score (nSPS) is 28.4. The van der Waals surface area contributed by atoms with Gasteiger partial charge in [-0.1, -0.05) is 48.2 Å². The molecule has 0 aliphatic carbocycles. The Morgan fingerprint density at radius 2 is 1.86 bits per heavy atom. The molecule has 7 heterocycles. The highest BCUT2D eigenvalue weighted by Gasteiger charge is 2.60. The Bertz CT molecular complexity index is 1580. The van der Waals surface area contributed by atoms with E-state index in [9.17, 15) is 19.8 Å². The molecule has 0 unspecified atom stereocenters. The number of halogens is 2. The van der Waals surface area contributed by atoms with E-state index < -0.39 is 18.0 Å². The summed E-state index contributed by atoms with van der Waals surface area (Å²) in [6.45, 7) is 12.8. The molecular weight excluding hydrogens is 718 g/mol. The van der Waals surface area contributed by atoms with Crippen molar-refractivity contribution in [1.29, 1.82) is 0 Å². The van der Waals surface area contributed by atoms with Gasteiger partial charge in [0, 0.05) is 36.7 Å². The minimum Gasteiger partial charge on any atom is -1.00 e. The van der Waals surface area contributed by atoms with Crippen molar-refractivity contribution < 1.29 is 62.8 Å². The number of carbonyl (C=O) groups is 2. The van der Waals surface area contributed by atoms with Crippen LogP contribution in [0, 0.1) is 11.8 Å². The van der Waals surface area contributed by atoms with Crippen LogP contribution in [0.3, 0.4) is 0 Å². The van der Waals surface area contributed by atoms with Crippen molar-refractivity contribution in [1.82, 2.24) is 14.2 Å². The lowest BCUT2D eigenvalue weighted by atomic mass is 9.77. The number of aromatic nitrogens is 2. The number of carboxylic acids is 1. The highest BCUT2D eigenvalue weighted by molar-refractivity contribution is 7.98. The molecule has 2 N–H and O–H groups in total. The fourth-order valence-corrected chi connectivity index (χ4v) is 9.83. The number of thioether (sulfide) groups is 1. The Morgan fingerprint density at radius 1 is 1.19 bits per heavy atom. The van der Waals surface area contributed by atoms with Crippen molar-refractivity contribution in [3.05, 3.63) is 58.5 Å². The van der Waals surface area contributed by atoms with E-state index in [0.29, 0.717) is 5.57 Å². The van der Waals surface area contributed by atoms with Crippen molar-refractivity contribution in [3.63, 3.8) is 0 Å². The largest absolute Gasteiger partial charge is 1.00 e. The van der Waals surface area contributed by atoms with Gasteiger partial charge in [-0.25, -0.2) is 9.36 Å². The summed E-state index contributed by atoms with van der Waals surface area (Å²) in [5.74, 6) is -2.14. The third-order valence-electron chi connectivity index (χ3n) is 9.77. The number of imidazole rings is 1. The van der Waals surface area contributed by atoms with Crippen LogP contribution in [-0.4, -0.2) is 98.4 Å². The Balaban J connectivity index is 0.00000184. The molecule has 8 rings (SSSR count). The number of hydrogen-bond acceptors (Lipinski definition) is 6. The van der Waals surface area contributed by atoms with Crippen LogP contribution in [0.15, 0.2) is 47.5 Å². The fourth-order valence-electron chi connectivity index (χ4n) is 7.65. The van der Waals surface area contributed by atoms with Crippen LogP contribution in [0.25, 0.3) is 10.4 Å². The molecule has 4 saturated heterocycles. The zero-order valence-corrected chi connectivity index (χ0v) is 29.3. The number of nitrogens with zero attached hydrogens (tertiary/aromatic N) is 5. The molecule has 5 aliphatic heterocycles. The second kappa shape index (κ2) is 12.2. The van der Waals surface area contributed by atoms with E-state index in [1.165, 1.54) is 59.8 Å². The Morgan fingerprint density at radius 3 is 2.49 bits per heavy atom. The first-order valence-corrected chi connectivity index (χ1v) is 16.5. The van der Waals surface area contributed by atoms with E-state index in [1.54, 1.807) is 30.0 Å². The van der Waals surface area contributed by atoms with Crippen LogP contribution in [0.4, 0.5) is 0 Å². The van der Waals surface area contributed by atoms with Crippen molar-refractivity contribution in [2.45, 2.75) is 44.1 Å². The number of benzene rings is 1. The predicted octanol–water partition coefficient (Wildman–Crippen LogP) is -3.63. The number of carbonyl (C=O) groups excluding carboxylic acids is 1. The Labute approximate surface area is 280 Å². The summed E-state index contributed by atoms with van der Waals surface area (Å²) in [5.41, 5.74) is 3.43. The average molecular weight is 756 g/mol. The van der Waals surface area contributed by atoms with E-state index >= 15 is 0 Å². The van der Waals surface area contributed by atoms with Crippen LogP contribution in [-0.2, 0) is 22.7 Å². The van der Waals surface area contributed by atoms with Gasteiger partial charge in [-0.3, -0.25) is 9.69 Å². The number of aliphatic hydroxyl groups is 1. The number of quaternary nitrogens is 1. The summed E-state index contributed by atoms with van der Waals surface area (Å²) in [6.07, 6.45) is 5.36. The second-order valence-electron chi connectivity index (χ2n) is 12.2. The number of β-lactam (4-membered cyclic amide) rings is 1. The van der Waals surface area contributed by atoms with Gasteiger partial charge in [0.1, 0.15) is 25.0 Å². The molecular formula is C30H37Br2N5O4S2.